The molecule has 7 rings (SSSR count). The van der Waals surface area contributed by atoms with Crippen molar-refractivity contribution < 1.29 is 40.0 Å². The zero-order valence-corrected chi connectivity index (χ0v) is 38.4. The standard InChI is InChI=1S/C47H52N8O8S2/c1-6-54-37-23-21-33(64(57,58)59)26-35(37)46(3,4)39(54)14-11-9-8-10-12-15-40-47(5,36-27-34(65(60,61)62)22-24-38(36)55(40)7-2)25-13-16-41(56)49-28-31-17-19-32(20-18-31)29-63-44-42-43(51-30-50-42)52-45(48)53-44/h8-12,14-15,17-24,26-27,30H,6-7,13,16,25,28-29H2,1-5H3,(H5-,48,49,50,51,52,53,56,57,58,59,60,61,62)/p+1. The van der Waals surface area contributed by atoms with Crippen LogP contribution in [0.4, 0.5) is 17.3 Å². The van der Waals surface area contributed by atoms with Gasteiger partial charge < -0.3 is 25.7 Å². The van der Waals surface area contributed by atoms with Gasteiger partial charge in [-0.1, -0.05) is 54.6 Å². The minimum Gasteiger partial charge on any atom is -0.471 e. The quantitative estimate of drug-likeness (QED) is 0.0352. The fourth-order valence-electron chi connectivity index (χ4n) is 8.66. The van der Waals surface area contributed by atoms with Crippen LogP contribution in [0, 0.1) is 0 Å². The molecule has 4 heterocycles. The molecule has 2 aliphatic rings. The number of carbonyl (C=O) groups excluding carboxylic acids is 1. The number of imidazole rings is 1. The number of nitrogens with two attached hydrogens (primary N) is 1. The Labute approximate surface area is 378 Å². The molecule has 0 aliphatic carbocycles. The van der Waals surface area contributed by atoms with Gasteiger partial charge in [0.25, 0.3) is 20.2 Å². The molecule has 0 saturated heterocycles. The number of nitrogen functional groups attached to an aromatic ring is 1. The van der Waals surface area contributed by atoms with Gasteiger partial charge in [0.1, 0.15) is 18.7 Å². The molecule has 1 unspecified atom stereocenters. The van der Waals surface area contributed by atoms with Crippen molar-refractivity contribution in [1.29, 1.82) is 0 Å². The number of nitrogens with one attached hydrogen (secondary N) is 2. The Morgan fingerprint density at radius 2 is 1.55 bits per heavy atom. The minimum absolute atomic E-state index is 0.0622. The molecule has 65 heavy (non-hydrogen) atoms. The Kier molecular flexibility index (Phi) is 13.3. The van der Waals surface area contributed by atoms with Crippen LogP contribution in [-0.2, 0) is 49.0 Å². The number of amides is 1. The first-order valence-electron chi connectivity index (χ1n) is 21.2. The summed E-state index contributed by atoms with van der Waals surface area (Å²) in [6.45, 7) is 11.9. The molecule has 16 nitrogen and oxygen atoms in total. The first-order valence-corrected chi connectivity index (χ1v) is 24.1. The summed E-state index contributed by atoms with van der Waals surface area (Å²) in [5.41, 5.74) is 12.5. The number of allylic oxidation sites excluding steroid dienone is 8. The Bertz CT molecular complexity index is 3030. The van der Waals surface area contributed by atoms with Crippen LogP contribution in [0.5, 0.6) is 5.88 Å². The first kappa shape index (κ1) is 46.5. The van der Waals surface area contributed by atoms with E-state index >= 15 is 0 Å². The SMILES string of the molecule is CCN1/C(=C/C=C/C=C/C=C/C2=[N+](CC)c3ccc(S(=O)(=O)O)cc3C2(C)C)C(C)(CCCC(=O)NCc2ccc(COc3nc(N)nc4nc[nH]c34)cc2)c2cc(S(=O)(=O)O)ccc21. The molecular formula is C47H53N8O8S2+. The van der Waals surface area contributed by atoms with Crippen LogP contribution in [0.3, 0.4) is 0 Å². The monoisotopic (exact) mass is 921 g/mol. The molecule has 0 spiro atoms. The van der Waals surface area contributed by atoms with Crippen molar-refractivity contribution in [2.75, 3.05) is 23.7 Å². The number of fused-ring (bicyclic) bond motifs is 3. The number of aromatic nitrogens is 4. The summed E-state index contributed by atoms with van der Waals surface area (Å²) in [7, 11) is -8.82. The van der Waals surface area contributed by atoms with Crippen molar-refractivity contribution in [3.63, 3.8) is 0 Å². The van der Waals surface area contributed by atoms with Gasteiger partial charge in [0.15, 0.2) is 11.4 Å². The Hall–Kier alpha value is -6.47. The molecular weight excluding hydrogens is 869 g/mol. The van der Waals surface area contributed by atoms with E-state index in [4.69, 9.17) is 10.5 Å². The molecule has 340 valence electrons. The molecule has 0 bridgehead atoms. The van der Waals surface area contributed by atoms with Crippen LogP contribution in [-0.4, -0.2) is 75.2 Å². The normalized spacial score (nSPS) is 17.9. The Morgan fingerprint density at radius 3 is 2.25 bits per heavy atom. The highest BCUT2D eigenvalue weighted by Gasteiger charge is 2.45. The third-order valence-corrected chi connectivity index (χ3v) is 13.7. The molecule has 1 atom stereocenters. The molecule has 18 heteroatoms. The molecule has 6 N–H and O–H groups in total. The number of likely N-dealkylation sites (N-methyl/N-ethyl adjacent to an activating group) is 1. The summed E-state index contributed by atoms with van der Waals surface area (Å²) in [6, 6.07) is 17.0. The van der Waals surface area contributed by atoms with E-state index in [1.807, 2.05) is 101 Å². The second-order valence-electron chi connectivity index (χ2n) is 16.5. The summed E-state index contributed by atoms with van der Waals surface area (Å²) in [5.74, 6) is 0.241. The number of rotatable bonds is 17. The van der Waals surface area contributed by atoms with Crippen molar-refractivity contribution in [3.8, 4) is 5.88 Å². The lowest BCUT2D eigenvalue weighted by Crippen LogP contribution is -2.29. The highest BCUT2D eigenvalue weighted by molar-refractivity contribution is 7.86. The van der Waals surface area contributed by atoms with Gasteiger partial charge in [-0.2, -0.15) is 31.4 Å². The van der Waals surface area contributed by atoms with Gasteiger partial charge in [0.2, 0.25) is 23.4 Å². The van der Waals surface area contributed by atoms with Gasteiger partial charge >= 0.3 is 0 Å². The number of anilines is 2. The number of ether oxygens (including phenoxy) is 1. The Balaban J connectivity index is 1.01. The lowest BCUT2D eigenvalue weighted by Gasteiger charge is -2.30. The minimum atomic E-state index is -4.47. The second-order valence-corrected chi connectivity index (χ2v) is 19.4. The maximum Gasteiger partial charge on any atom is 0.294 e. The number of carbonyl (C=O) groups is 1. The number of benzene rings is 3. The average Bonchev–Trinajstić information content (AvgIpc) is 3.89. The number of aromatic amines is 1. The van der Waals surface area contributed by atoms with Gasteiger partial charge in [0, 0.05) is 54.0 Å². The zero-order chi connectivity index (χ0) is 46.7. The van der Waals surface area contributed by atoms with Crippen molar-refractivity contribution in [1.82, 2.24) is 25.3 Å². The molecule has 0 radical (unpaired) electrons. The lowest BCUT2D eigenvalue weighted by atomic mass is 9.77. The Morgan fingerprint density at radius 1 is 0.892 bits per heavy atom. The molecule has 0 saturated carbocycles. The number of nitrogens with zero attached hydrogens (tertiary/aromatic N) is 5. The van der Waals surface area contributed by atoms with Crippen LogP contribution in [0.25, 0.3) is 11.2 Å². The molecule has 3 aromatic carbocycles. The lowest BCUT2D eigenvalue weighted by molar-refractivity contribution is -0.433. The van der Waals surface area contributed by atoms with Crippen molar-refractivity contribution in [2.45, 2.75) is 87.7 Å². The van der Waals surface area contributed by atoms with Gasteiger partial charge in [0.05, 0.1) is 21.5 Å². The fraction of sp³-hybridized carbons (Fsp3) is 0.298. The topological polar surface area (TPSA) is 234 Å². The third-order valence-electron chi connectivity index (χ3n) is 12.0. The summed E-state index contributed by atoms with van der Waals surface area (Å²) in [4.78, 5) is 30.2. The largest absolute Gasteiger partial charge is 0.471 e. The van der Waals surface area contributed by atoms with Gasteiger partial charge in [-0.25, -0.2) is 4.98 Å². The van der Waals surface area contributed by atoms with Gasteiger partial charge in [-0.3, -0.25) is 13.9 Å². The van der Waals surface area contributed by atoms with Crippen molar-refractivity contribution >= 4 is 60.3 Å². The third kappa shape index (κ3) is 9.80. The van der Waals surface area contributed by atoms with Crippen molar-refractivity contribution in [3.05, 3.63) is 137 Å². The average molecular weight is 922 g/mol. The summed E-state index contributed by atoms with van der Waals surface area (Å²) >= 11 is 0. The van der Waals surface area contributed by atoms with E-state index in [0.29, 0.717) is 49.5 Å². The van der Waals surface area contributed by atoms with Crippen LogP contribution in [0.15, 0.2) is 125 Å². The smallest absolute Gasteiger partial charge is 0.294 e. The first-order chi connectivity index (χ1) is 30.8. The predicted octanol–water partition coefficient (Wildman–Crippen LogP) is 7.24. The number of hydrogen-bond donors (Lipinski definition) is 5. The van der Waals surface area contributed by atoms with Crippen LogP contribution >= 0.6 is 0 Å². The summed E-state index contributed by atoms with van der Waals surface area (Å²) in [6.07, 6.45) is 16.3. The zero-order valence-electron chi connectivity index (χ0n) is 36.8. The molecule has 1 amide bonds. The van der Waals surface area contributed by atoms with Gasteiger partial charge in [-0.05, 0) is 101 Å². The van der Waals surface area contributed by atoms with E-state index in [1.54, 1.807) is 12.1 Å². The molecule has 0 fully saturated rings. The maximum atomic E-state index is 13.2. The van der Waals surface area contributed by atoms with E-state index in [1.165, 1.54) is 30.6 Å². The predicted molar refractivity (Wildman–Crippen MR) is 249 cm³/mol. The molecule has 2 aromatic heterocycles. The second kappa shape index (κ2) is 18.6. The van der Waals surface area contributed by atoms with Crippen LogP contribution in [0.1, 0.15) is 76.1 Å². The van der Waals surface area contributed by atoms with Crippen LogP contribution in [0.2, 0.25) is 0 Å². The summed E-state index contributed by atoms with van der Waals surface area (Å²) in [5, 5.41) is 3.01. The summed E-state index contributed by atoms with van der Waals surface area (Å²) < 4.78 is 76.0. The fourth-order valence-corrected chi connectivity index (χ4v) is 9.67. The number of hydrogen-bond acceptors (Lipinski definition) is 11. The van der Waals surface area contributed by atoms with Crippen molar-refractivity contribution in [2.24, 2.45) is 0 Å². The van der Waals surface area contributed by atoms with E-state index in [9.17, 15) is 30.7 Å². The van der Waals surface area contributed by atoms with E-state index < -0.39 is 31.1 Å². The number of H-pyrrole nitrogens is 1. The molecule has 2 aliphatic heterocycles. The highest BCUT2D eigenvalue weighted by atomic mass is 32.2. The van der Waals surface area contributed by atoms with Gasteiger partial charge in [-0.15, -0.1) is 0 Å². The maximum absolute atomic E-state index is 13.2. The van der Waals surface area contributed by atoms with E-state index in [2.05, 4.69) is 34.7 Å². The van der Waals surface area contributed by atoms with E-state index in [0.717, 1.165) is 45.0 Å². The van der Waals surface area contributed by atoms with E-state index in [-0.39, 0.29) is 34.7 Å². The highest BCUT2D eigenvalue weighted by Crippen LogP contribution is 2.51. The van der Waals surface area contributed by atoms with Crippen LogP contribution < -0.4 is 20.7 Å². The molecule has 5 aromatic rings.